The van der Waals surface area contributed by atoms with Gasteiger partial charge in [-0.2, -0.15) is 0 Å². The van der Waals surface area contributed by atoms with Crippen LogP contribution in [0.5, 0.6) is 0 Å². The zero-order valence-corrected chi connectivity index (χ0v) is 11.5. The Morgan fingerprint density at radius 3 is 2.47 bits per heavy atom. The first-order valence-corrected chi connectivity index (χ1v) is 6.60. The SMILES string of the molecule is CCCCC1(O)C(=O)Nc2c(C)ccc(C)c2C1=O. The molecule has 0 aliphatic carbocycles. The van der Waals surface area contributed by atoms with Crippen LogP contribution in [0.25, 0.3) is 0 Å². The number of unbranched alkanes of at least 4 members (excludes halogenated alkanes) is 1. The number of Topliss-reactive ketones (excluding diaryl/α,β-unsaturated/α-hetero) is 1. The van der Waals surface area contributed by atoms with E-state index in [-0.39, 0.29) is 6.42 Å². The van der Waals surface area contributed by atoms with E-state index in [2.05, 4.69) is 5.32 Å². The second kappa shape index (κ2) is 4.78. The highest BCUT2D eigenvalue weighted by molar-refractivity contribution is 6.27. The van der Waals surface area contributed by atoms with Crippen molar-refractivity contribution in [2.75, 3.05) is 5.32 Å². The maximum atomic E-state index is 12.5. The van der Waals surface area contributed by atoms with Crippen molar-refractivity contribution in [2.24, 2.45) is 0 Å². The van der Waals surface area contributed by atoms with Gasteiger partial charge in [-0.15, -0.1) is 0 Å². The molecule has 1 heterocycles. The van der Waals surface area contributed by atoms with E-state index < -0.39 is 17.3 Å². The zero-order valence-electron chi connectivity index (χ0n) is 11.5. The summed E-state index contributed by atoms with van der Waals surface area (Å²) >= 11 is 0. The molecule has 0 saturated carbocycles. The van der Waals surface area contributed by atoms with Gasteiger partial charge in [-0.25, -0.2) is 0 Å². The molecule has 19 heavy (non-hydrogen) atoms. The van der Waals surface area contributed by atoms with E-state index in [0.717, 1.165) is 17.5 Å². The van der Waals surface area contributed by atoms with Gasteiger partial charge in [0.2, 0.25) is 11.4 Å². The summed E-state index contributed by atoms with van der Waals surface area (Å²) in [6, 6.07) is 3.70. The number of amides is 1. The molecule has 0 bridgehead atoms. The van der Waals surface area contributed by atoms with E-state index in [1.54, 1.807) is 0 Å². The van der Waals surface area contributed by atoms with E-state index in [1.165, 1.54) is 0 Å². The van der Waals surface area contributed by atoms with Crippen LogP contribution >= 0.6 is 0 Å². The van der Waals surface area contributed by atoms with Gasteiger partial charge in [0.25, 0.3) is 5.91 Å². The van der Waals surface area contributed by atoms with Crippen LogP contribution in [0.1, 0.15) is 47.7 Å². The second-order valence-corrected chi connectivity index (χ2v) is 5.20. The highest BCUT2D eigenvalue weighted by Crippen LogP contribution is 2.35. The standard InChI is InChI=1S/C15H19NO3/c1-4-5-8-15(19)13(17)11-9(2)6-7-10(3)12(11)16-14(15)18/h6-7,19H,4-5,8H2,1-3H3,(H,16,18). The smallest absolute Gasteiger partial charge is 0.264 e. The number of aryl methyl sites for hydroxylation is 2. The molecule has 1 atom stereocenters. The highest BCUT2D eigenvalue weighted by atomic mass is 16.3. The molecule has 1 unspecified atom stereocenters. The molecular weight excluding hydrogens is 242 g/mol. The summed E-state index contributed by atoms with van der Waals surface area (Å²) in [7, 11) is 0. The Kier molecular flexibility index (Phi) is 3.45. The number of carbonyl (C=O) groups is 2. The maximum Gasteiger partial charge on any atom is 0.264 e. The first-order valence-electron chi connectivity index (χ1n) is 6.60. The molecule has 2 N–H and O–H groups in total. The van der Waals surface area contributed by atoms with Crippen molar-refractivity contribution in [1.29, 1.82) is 0 Å². The van der Waals surface area contributed by atoms with Gasteiger partial charge in [-0.05, 0) is 37.8 Å². The lowest BCUT2D eigenvalue weighted by atomic mass is 9.81. The van der Waals surface area contributed by atoms with Gasteiger partial charge in [-0.1, -0.05) is 25.5 Å². The van der Waals surface area contributed by atoms with Crippen molar-refractivity contribution in [3.63, 3.8) is 0 Å². The molecule has 0 spiro atoms. The summed E-state index contributed by atoms with van der Waals surface area (Å²) in [5.74, 6) is -1.08. The van der Waals surface area contributed by atoms with Crippen LogP contribution in [0.4, 0.5) is 5.69 Å². The van der Waals surface area contributed by atoms with Gasteiger partial charge >= 0.3 is 0 Å². The van der Waals surface area contributed by atoms with Crippen LogP contribution in [-0.4, -0.2) is 22.4 Å². The van der Waals surface area contributed by atoms with Crippen LogP contribution in [-0.2, 0) is 4.79 Å². The Morgan fingerprint density at radius 1 is 1.21 bits per heavy atom. The van der Waals surface area contributed by atoms with Crippen LogP contribution in [0.2, 0.25) is 0 Å². The van der Waals surface area contributed by atoms with Crippen molar-refractivity contribution >= 4 is 17.4 Å². The lowest BCUT2D eigenvalue weighted by Crippen LogP contribution is -2.53. The number of rotatable bonds is 3. The number of nitrogens with one attached hydrogen (secondary N) is 1. The van der Waals surface area contributed by atoms with Gasteiger partial charge in [0.1, 0.15) is 0 Å². The molecule has 1 amide bonds. The fourth-order valence-corrected chi connectivity index (χ4v) is 2.45. The Labute approximate surface area is 112 Å². The van der Waals surface area contributed by atoms with Crippen molar-refractivity contribution < 1.29 is 14.7 Å². The molecule has 0 fully saturated rings. The largest absolute Gasteiger partial charge is 0.373 e. The third kappa shape index (κ3) is 2.06. The lowest BCUT2D eigenvalue weighted by Gasteiger charge is -2.32. The fraction of sp³-hybridized carbons (Fsp3) is 0.467. The monoisotopic (exact) mass is 261 g/mol. The third-order valence-corrected chi connectivity index (χ3v) is 3.73. The number of carbonyl (C=O) groups excluding carboxylic acids is 2. The number of ketones is 1. The predicted octanol–water partition coefficient (Wildman–Crippen LogP) is 2.36. The zero-order chi connectivity index (χ0) is 14.2. The van der Waals surface area contributed by atoms with Crippen molar-refractivity contribution in [3.05, 3.63) is 28.8 Å². The summed E-state index contributed by atoms with van der Waals surface area (Å²) < 4.78 is 0. The summed E-state index contributed by atoms with van der Waals surface area (Å²) in [6.45, 7) is 5.61. The Balaban J connectivity index is 2.53. The second-order valence-electron chi connectivity index (χ2n) is 5.20. The Bertz CT molecular complexity index is 551. The number of aliphatic hydroxyl groups is 1. The summed E-state index contributed by atoms with van der Waals surface area (Å²) in [5.41, 5.74) is 0.677. The molecule has 102 valence electrons. The fourth-order valence-electron chi connectivity index (χ4n) is 2.45. The van der Waals surface area contributed by atoms with Crippen molar-refractivity contribution in [2.45, 2.75) is 45.6 Å². The molecule has 2 rings (SSSR count). The lowest BCUT2D eigenvalue weighted by molar-refractivity contribution is -0.130. The van der Waals surface area contributed by atoms with E-state index in [1.807, 2.05) is 32.9 Å². The molecule has 4 heteroatoms. The van der Waals surface area contributed by atoms with Gasteiger partial charge in [-0.3, -0.25) is 9.59 Å². The van der Waals surface area contributed by atoms with Gasteiger partial charge in [0.15, 0.2) is 0 Å². The van der Waals surface area contributed by atoms with E-state index >= 15 is 0 Å². The highest BCUT2D eigenvalue weighted by Gasteiger charge is 2.48. The minimum Gasteiger partial charge on any atom is -0.373 e. The average molecular weight is 261 g/mol. The van der Waals surface area contributed by atoms with Crippen molar-refractivity contribution in [3.8, 4) is 0 Å². The molecule has 0 saturated heterocycles. The van der Waals surface area contributed by atoms with Crippen LogP contribution < -0.4 is 5.32 Å². The van der Waals surface area contributed by atoms with Gasteiger partial charge in [0.05, 0.1) is 5.69 Å². The topological polar surface area (TPSA) is 66.4 Å². The molecule has 1 aliphatic heterocycles. The minimum atomic E-state index is -1.92. The molecule has 1 aromatic carbocycles. The van der Waals surface area contributed by atoms with E-state index in [4.69, 9.17) is 0 Å². The number of hydrogen-bond acceptors (Lipinski definition) is 3. The van der Waals surface area contributed by atoms with Crippen LogP contribution in [0, 0.1) is 13.8 Å². The third-order valence-electron chi connectivity index (χ3n) is 3.73. The maximum absolute atomic E-state index is 12.5. The van der Waals surface area contributed by atoms with E-state index in [9.17, 15) is 14.7 Å². The van der Waals surface area contributed by atoms with Crippen LogP contribution in [0.3, 0.4) is 0 Å². The normalized spacial score (nSPS) is 22.1. The summed E-state index contributed by atoms with van der Waals surface area (Å²) in [5, 5.41) is 13.1. The number of benzene rings is 1. The molecule has 1 aliphatic rings. The quantitative estimate of drug-likeness (QED) is 0.821. The van der Waals surface area contributed by atoms with Crippen LogP contribution in [0.15, 0.2) is 12.1 Å². The number of hydrogen-bond donors (Lipinski definition) is 2. The number of anilines is 1. The molecule has 0 radical (unpaired) electrons. The molecular formula is C15H19NO3. The average Bonchev–Trinajstić information content (AvgIpc) is 2.38. The van der Waals surface area contributed by atoms with Gasteiger partial charge < -0.3 is 10.4 Å². The minimum absolute atomic E-state index is 0.168. The molecule has 0 aromatic heterocycles. The van der Waals surface area contributed by atoms with Crippen molar-refractivity contribution in [1.82, 2.24) is 0 Å². The first-order chi connectivity index (χ1) is 8.91. The Hall–Kier alpha value is -1.68. The van der Waals surface area contributed by atoms with Gasteiger partial charge in [0, 0.05) is 5.56 Å². The predicted molar refractivity (Wildman–Crippen MR) is 73.4 cm³/mol. The molecule has 4 nitrogen and oxygen atoms in total. The Morgan fingerprint density at radius 2 is 1.84 bits per heavy atom. The molecule has 1 aromatic rings. The number of fused-ring (bicyclic) bond motifs is 1. The van der Waals surface area contributed by atoms with E-state index in [0.29, 0.717) is 17.7 Å². The first kappa shape index (κ1) is 13.7. The summed E-state index contributed by atoms with van der Waals surface area (Å²) in [4.78, 5) is 24.6. The summed E-state index contributed by atoms with van der Waals surface area (Å²) in [6.07, 6.45) is 1.62.